The normalized spacial score (nSPS) is 20.4. The van der Waals surface area contributed by atoms with Crippen LogP contribution >= 0.6 is 0 Å². The molecular formula is C16H23N3O3. The fraction of sp³-hybridized carbons (Fsp3) is 0.625. The van der Waals surface area contributed by atoms with Gasteiger partial charge >= 0.3 is 6.09 Å². The van der Waals surface area contributed by atoms with E-state index in [0.29, 0.717) is 24.9 Å². The second kappa shape index (κ2) is 7.07. The first-order valence-corrected chi connectivity index (χ1v) is 7.90. The molecule has 0 saturated carbocycles. The Morgan fingerprint density at radius 2 is 2.14 bits per heavy atom. The molecule has 0 spiro atoms. The van der Waals surface area contributed by atoms with Crippen LogP contribution in [0.2, 0.25) is 0 Å². The fourth-order valence-corrected chi connectivity index (χ4v) is 3.09. The van der Waals surface area contributed by atoms with Gasteiger partial charge in [-0.1, -0.05) is 6.07 Å². The van der Waals surface area contributed by atoms with Crippen LogP contribution in [-0.2, 0) is 9.47 Å². The Morgan fingerprint density at radius 1 is 1.32 bits per heavy atom. The van der Waals surface area contributed by atoms with Gasteiger partial charge in [-0.2, -0.15) is 0 Å². The van der Waals surface area contributed by atoms with E-state index >= 15 is 0 Å². The van der Waals surface area contributed by atoms with Gasteiger partial charge in [0.05, 0.1) is 13.2 Å². The highest BCUT2D eigenvalue weighted by molar-refractivity contribution is 5.88. The van der Waals surface area contributed by atoms with Crippen molar-refractivity contribution in [3.63, 3.8) is 0 Å². The maximum Gasteiger partial charge on any atom is 0.415 e. The van der Waals surface area contributed by atoms with Crippen LogP contribution in [0.3, 0.4) is 0 Å². The first kappa shape index (κ1) is 15.2. The second-order valence-electron chi connectivity index (χ2n) is 5.80. The predicted molar refractivity (Wildman–Crippen MR) is 83.2 cm³/mol. The number of anilines is 1. The number of methoxy groups -OCH3 is 1. The van der Waals surface area contributed by atoms with Gasteiger partial charge in [0.25, 0.3) is 0 Å². The van der Waals surface area contributed by atoms with Crippen molar-refractivity contribution in [3.05, 3.63) is 23.9 Å². The lowest BCUT2D eigenvalue weighted by molar-refractivity contribution is 0.130. The van der Waals surface area contributed by atoms with Gasteiger partial charge in [0.15, 0.2) is 0 Å². The van der Waals surface area contributed by atoms with Crippen LogP contribution in [0, 0.1) is 0 Å². The first-order chi connectivity index (χ1) is 10.8. The first-order valence-electron chi connectivity index (χ1n) is 7.90. The van der Waals surface area contributed by atoms with E-state index in [4.69, 9.17) is 14.5 Å². The summed E-state index contributed by atoms with van der Waals surface area (Å²) in [6.07, 6.45) is 1.91. The standard InChI is InChI=1S/C16H23N3O3/c1-21-11-9-18-7-5-13(6-8-18)14-3-2-4-15(17-14)19-10-12-22-16(19)20/h2-4,13H,5-12H2,1H3. The number of ether oxygens (including phenoxy) is 2. The van der Waals surface area contributed by atoms with E-state index < -0.39 is 0 Å². The number of cyclic esters (lactones) is 1. The maximum atomic E-state index is 11.7. The van der Waals surface area contributed by atoms with Gasteiger partial charge in [0.2, 0.25) is 0 Å². The fourth-order valence-electron chi connectivity index (χ4n) is 3.09. The molecule has 0 aliphatic carbocycles. The Balaban J connectivity index is 1.62. The number of pyridine rings is 1. The molecule has 22 heavy (non-hydrogen) atoms. The van der Waals surface area contributed by atoms with E-state index in [0.717, 1.165) is 44.8 Å². The van der Waals surface area contributed by atoms with Crippen LogP contribution in [0.5, 0.6) is 0 Å². The molecule has 3 heterocycles. The Labute approximate surface area is 131 Å². The quantitative estimate of drug-likeness (QED) is 0.831. The van der Waals surface area contributed by atoms with Crippen LogP contribution in [-0.4, -0.2) is 62.5 Å². The third-order valence-corrected chi connectivity index (χ3v) is 4.41. The molecular weight excluding hydrogens is 282 g/mol. The second-order valence-corrected chi connectivity index (χ2v) is 5.80. The summed E-state index contributed by atoms with van der Waals surface area (Å²) in [4.78, 5) is 20.4. The van der Waals surface area contributed by atoms with E-state index in [1.54, 1.807) is 12.0 Å². The van der Waals surface area contributed by atoms with Gasteiger partial charge in [-0.25, -0.2) is 9.78 Å². The molecule has 1 aromatic heterocycles. The highest BCUT2D eigenvalue weighted by Gasteiger charge is 2.26. The molecule has 0 N–H and O–H groups in total. The van der Waals surface area contributed by atoms with Crippen molar-refractivity contribution in [2.45, 2.75) is 18.8 Å². The van der Waals surface area contributed by atoms with Crippen LogP contribution in [0.15, 0.2) is 18.2 Å². The molecule has 6 nitrogen and oxygen atoms in total. The van der Waals surface area contributed by atoms with E-state index in [1.807, 2.05) is 12.1 Å². The van der Waals surface area contributed by atoms with E-state index in [9.17, 15) is 4.79 Å². The molecule has 2 aliphatic heterocycles. The van der Waals surface area contributed by atoms with Crippen molar-refractivity contribution >= 4 is 11.9 Å². The Morgan fingerprint density at radius 3 is 2.82 bits per heavy atom. The van der Waals surface area contributed by atoms with Crippen molar-refractivity contribution in [1.82, 2.24) is 9.88 Å². The average Bonchev–Trinajstić information content (AvgIpc) is 3.00. The molecule has 0 aromatic carbocycles. The molecule has 2 fully saturated rings. The van der Waals surface area contributed by atoms with Crippen LogP contribution in [0.1, 0.15) is 24.5 Å². The van der Waals surface area contributed by atoms with Crippen molar-refractivity contribution in [1.29, 1.82) is 0 Å². The zero-order chi connectivity index (χ0) is 15.4. The van der Waals surface area contributed by atoms with Crippen LogP contribution < -0.4 is 4.90 Å². The van der Waals surface area contributed by atoms with E-state index in [1.165, 1.54) is 0 Å². The molecule has 1 aromatic rings. The highest BCUT2D eigenvalue weighted by Crippen LogP contribution is 2.28. The molecule has 6 heteroatoms. The summed E-state index contributed by atoms with van der Waals surface area (Å²) < 4.78 is 10.1. The lowest BCUT2D eigenvalue weighted by atomic mass is 9.93. The molecule has 3 rings (SSSR count). The lowest BCUT2D eigenvalue weighted by Gasteiger charge is -2.31. The minimum Gasteiger partial charge on any atom is -0.447 e. The number of aromatic nitrogens is 1. The third-order valence-electron chi connectivity index (χ3n) is 4.41. The molecule has 0 bridgehead atoms. The molecule has 0 atom stereocenters. The van der Waals surface area contributed by atoms with Crippen molar-refractivity contribution in [2.24, 2.45) is 0 Å². The van der Waals surface area contributed by atoms with Gasteiger partial charge in [-0.3, -0.25) is 4.90 Å². The number of nitrogens with zero attached hydrogens (tertiary/aromatic N) is 3. The number of hydrogen-bond donors (Lipinski definition) is 0. The van der Waals surface area contributed by atoms with E-state index in [-0.39, 0.29) is 6.09 Å². The number of hydrogen-bond acceptors (Lipinski definition) is 5. The number of amides is 1. The Hall–Kier alpha value is -1.66. The van der Waals surface area contributed by atoms with Gasteiger partial charge in [0, 0.05) is 25.3 Å². The minimum atomic E-state index is -0.293. The summed E-state index contributed by atoms with van der Waals surface area (Å²) in [5.41, 5.74) is 1.09. The molecule has 2 aliphatic rings. The number of rotatable bonds is 5. The zero-order valence-electron chi connectivity index (χ0n) is 13.0. The molecule has 1 amide bonds. The summed E-state index contributed by atoms with van der Waals surface area (Å²) in [7, 11) is 1.74. The van der Waals surface area contributed by atoms with Gasteiger partial charge in [-0.15, -0.1) is 0 Å². The highest BCUT2D eigenvalue weighted by atomic mass is 16.6. The van der Waals surface area contributed by atoms with Crippen molar-refractivity contribution in [2.75, 3.05) is 51.4 Å². The number of likely N-dealkylation sites (tertiary alicyclic amines) is 1. The van der Waals surface area contributed by atoms with Gasteiger partial charge < -0.3 is 14.4 Å². The third kappa shape index (κ3) is 3.39. The monoisotopic (exact) mass is 305 g/mol. The average molecular weight is 305 g/mol. The topological polar surface area (TPSA) is 54.9 Å². The molecule has 0 radical (unpaired) electrons. The Bertz CT molecular complexity index is 515. The summed E-state index contributed by atoms with van der Waals surface area (Å²) in [5.74, 6) is 1.18. The van der Waals surface area contributed by atoms with Gasteiger partial charge in [-0.05, 0) is 38.1 Å². The van der Waals surface area contributed by atoms with Crippen molar-refractivity contribution < 1.29 is 14.3 Å². The summed E-state index contributed by atoms with van der Waals surface area (Å²) in [6.45, 7) is 4.97. The zero-order valence-corrected chi connectivity index (χ0v) is 13.0. The molecule has 120 valence electrons. The lowest BCUT2D eigenvalue weighted by Crippen LogP contribution is -2.35. The molecule has 0 unspecified atom stereocenters. The predicted octanol–water partition coefficient (Wildman–Crippen LogP) is 1.86. The summed E-state index contributed by atoms with van der Waals surface area (Å²) in [5, 5.41) is 0. The molecule has 2 saturated heterocycles. The minimum absolute atomic E-state index is 0.293. The van der Waals surface area contributed by atoms with Crippen LogP contribution in [0.25, 0.3) is 0 Å². The largest absolute Gasteiger partial charge is 0.447 e. The maximum absolute atomic E-state index is 11.7. The number of carbonyl (C=O) groups is 1. The van der Waals surface area contributed by atoms with Crippen molar-refractivity contribution in [3.8, 4) is 0 Å². The SMILES string of the molecule is COCCN1CCC(c2cccc(N3CCOC3=O)n2)CC1. The van der Waals surface area contributed by atoms with E-state index in [2.05, 4.69) is 11.0 Å². The number of piperidine rings is 1. The Kier molecular flexibility index (Phi) is 4.90. The summed E-state index contributed by atoms with van der Waals surface area (Å²) in [6, 6.07) is 5.94. The smallest absolute Gasteiger partial charge is 0.415 e. The van der Waals surface area contributed by atoms with Crippen LogP contribution in [0.4, 0.5) is 10.6 Å². The van der Waals surface area contributed by atoms with Gasteiger partial charge in [0.1, 0.15) is 12.4 Å². The summed E-state index contributed by atoms with van der Waals surface area (Å²) >= 11 is 0. The number of carbonyl (C=O) groups excluding carboxylic acids is 1.